The van der Waals surface area contributed by atoms with Gasteiger partial charge in [-0.3, -0.25) is 4.79 Å². The van der Waals surface area contributed by atoms with Crippen molar-refractivity contribution in [3.8, 4) is 0 Å². The Bertz CT molecular complexity index is 335. The number of hydrogen-bond acceptors (Lipinski definition) is 1. The van der Waals surface area contributed by atoms with E-state index in [0.717, 1.165) is 12.8 Å². The van der Waals surface area contributed by atoms with E-state index in [2.05, 4.69) is 26.1 Å². The Morgan fingerprint density at radius 3 is 2.41 bits per heavy atom. The Morgan fingerprint density at radius 1 is 1.24 bits per heavy atom. The fourth-order valence-electron chi connectivity index (χ4n) is 1.92. The molecule has 0 aliphatic carbocycles. The first-order valence-corrected chi connectivity index (χ1v) is 6.37. The van der Waals surface area contributed by atoms with E-state index in [1.807, 2.05) is 35.2 Å². The number of amides is 1. The molecule has 0 saturated heterocycles. The maximum absolute atomic E-state index is 12.0. The second-order valence-corrected chi connectivity index (χ2v) is 4.73. The summed E-state index contributed by atoms with van der Waals surface area (Å²) in [5, 5.41) is 2.99. The van der Waals surface area contributed by atoms with Gasteiger partial charge in [-0.1, -0.05) is 33.3 Å². The minimum Gasteiger partial charge on any atom is -0.300 e. The molecule has 3 heteroatoms. The second-order valence-electron chi connectivity index (χ2n) is 4.73. The Hall–Kier alpha value is -1.38. The van der Waals surface area contributed by atoms with Crippen LogP contribution in [-0.4, -0.2) is 5.91 Å². The molecule has 1 aromatic heterocycles. The van der Waals surface area contributed by atoms with E-state index in [0.29, 0.717) is 12.6 Å². The molecule has 1 amide bonds. The van der Waals surface area contributed by atoms with Gasteiger partial charge in [-0.25, -0.2) is 0 Å². The van der Waals surface area contributed by atoms with Crippen LogP contribution in [0.2, 0.25) is 0 Å². The van der Waals surface area contributed by atoms with Crippen molar-refractivity contribution in [2.45, 2.75) is 40.3 Å². The highest BCUT2D eigenvalue weighted by Gasteiger charge is 2.21. The Kier molecular flexibility index (Phi) is 5.67. The van der Waals surface area contributed by atoms with Crippen LogP contribution in [0.4, 0.5) is 0 Å². The summed E-state index contributed by atoms with van der Waals surface area (Å²) in [5.74, 6) is 0.693. The lowest BCUT2D eigenvalue weighted by molar-refractivity contribution is -0.700. The lowest BCUT2D eigenvalue weighted by Gasteiger charge is -2.18. The largest absolute Gasteiger partial charge is 0.300 e. The van der Waals surface area contributed by atoms with Gasteiger partial charge in [0.1, 0.15) is 0 Å². The lowest BCUT2D eigenvalue weighted by Crippen LogP contribution is -2.45. The third-order valence-electron chi connectivity index (χ3n) is 2.95. The van der Waals surface area contributed by atoms with Crippen LogP contribution in [0.3, 0.4) is 0 Å². The van der Waals surface area contributed by atoms with Crippen molar-refractivity contribution in [1.29, 1.82) is 0 Å². The average Bonchev–Trinajstić information content (AvgIpc) is 2.34. The Balaban J connectivity index is 2.47. The molecule has 1 aromatic rings. The Morgan fingerprint density at radius 2 is 1.88 bits per heavy atom. The van der Waals surface area contributed by atoms with Gasteiger partial charge in [0.15, 0.2) is 12.4 Å². The number of aromatic nitrogens is 1. The van der Waals surface area contributed by atoms with Crippen molar-refractivity contribution in [2.75, 3.05) is 0 Å². The number of pyridine rings is 1. The summed E-state index contributed by atoms with van der Waals surface area (Å²) in [6, 6.07) is 5.88. The summed E-state index contributed by atoms with van der Waals surface area (Å²) in [6.07, 6.45) is 5.91. The fourth-order valence-corrected chi connectivity index (χ4v) is 1.92. The van der Waals surface area contributed by atoms with Gasteiger partial charge in [0.2, 0.25) is 12.6 Å². The lowest BCUT2D eigenvalue weighted by atomic mass is 9.91. The van der Waals surface area contributed by atoms with E-state index in [9.17, 15) is 4.79 Å². The van der Waals surface area contributed by atoms with Gasteiger partial charge in [0, 0.05) is 18.1 Å². The topological polar surface area (TPSA) is 33.0 Å². The summed E-state index contributed by atoms with van der Waals surface area (Å²) in [6.45, 7) is 6.88. The van der Waals surface area contributed by atoms with Crippen LogP contribution < -0.4 is 9.88 Å². The molecule has 17 heavy (non-hydrogen) atoms. The van der Waals surface area contributed by atoms with Crippen LogP contribution in [-0.2, 0) is 11.5 Å². The average molecular weight is 235 g/mol. The first kappa shape index (κ1) is 13.7. The van der Waals surface area contributed by atoms with Gasteiger partial charge < -0.3 is 5.32 Å². The molecular weight excluding hydrogens is 212 g/mol. The molecule has 0 fully saturated rings. The van der Waals surface area contributed by atoms with E-state index in [1.165, 1.54) is 0 Å². The summed E-state index contributed by atoms with van der Waals surface area (Å²) in [5.41, 5.74) is 0. The molecule has 0 saturated carbocycles. The van der Waals surface area contributed by atoms with E-state index in [4.69, 9.17) is 0 Å². The zero-order chi connectivity index (χ0) is 12.7. The van der Waals surface area contributed by atoms with Crippen molar-refractivity contribution in [3.63, 3.8) is 0 Å². The zero-order valence-corrected chi connectivity index (χ0v) is 11.0. The minimum atomic E-state index is 0.129. The third-order valence-corrected chi connectivity index (χ3v) is 2.95. The smallest absolute Gasteiger partial charge is 0.228 e. The number of carbonyl (C=O) groups is 1. The van der Waals surface area contributed by atoms with Crippen molar-refractivity contribution < 1.29 is 9.36 Å². The predicted octanol–water partition coefficient (Wildman–Crippen LogP) is 2.12. The van der Waals surface area contributed by atoms with E-state index in [-0.39, 0.29) is 11.8 Å². The maximum Gasteiger partial charge on any atom is 0.228 e. The van der Waals surface area contributed by atoms with Gasteiger partial charge in [-0.15, -0.1) is 0 Å². The Labute approximate surface area is 104 Å². The molecule has 3 nitrogen and oxygen atoms in total. The molecule has 0 radical (unpaired) electrons. The van der Waals surface area contributed by atoms with Crippen molar-refractivity contribution in [3.05, 3.63) is 30.6 Å². The van der Waals surface area contributed by atoms with Crippen LogP contribution >= 0.6 is 0 Å². The maximum atomic E-state index is 12.0. The summed E-state index contributed by atoms with van der Waals surface area (Å²) in [7, 11) is 0. The first-order valence-electron chi connectivity index (χ1n) is 6.37. The monoisotopic (exact) mass is 235 g/mol. The molecule has 0 bridgehead atoms. The number of nitrogens with zero attached hydrogens (tertiary/aromatic N) is 1. The second kappa shape index (κ2) is 7.05. The minimum absolute atomic E-state index is 0.129. The SMILES string of the molecule is CCC[C@@H](C(=O)NC[n+]1ccccc1)C(C)C. The molecule has 94 valence electrons. The predicted molar refractivity (Wildman–Crippen MR) is 68.0 cm³/mol. The van der Waals surface area contributed by atoms with Crippen LogP contribution in [0, 0.1) is 11.8 Å². The molecular formula is C14H23N2O+. The first-order chi connectivity index (χ1) is 8.15. The number of carbonyl (C=O) groups excluding carboxylic acids is 1. The number of nitrogens with one attached hydrogen (secondary N) is 1. The molecule has 1 rings (SSSR count). The van der Waals surface area contributed by atoms with Crippen molar-refractivity contribution >= 4 is 5.91 Å². The molecule has 0 aliphatic heterocycles. The summed E-state index contributed by atoms with van der Waals surface area (Å²) < 4.78 is 1.96. The fraction of sp³-hybridized carbons (Fsp3) is 0.571. The quantitative estimate of drug-likeness (QED) is 0.753. The number of rotatable bonds is 6. The molecule has 0 unspecified atom stereocenters. The molecule has 0 aromatic carbocycles. The van der Waals surface area contributed by atoms with E-state index in [1.54, 1.807) is 0 Å². The zero-order valence-electron chi connectivity index (χ0n) is 11.0. The van der Waals surface area contributed by atoms with Gasteiger partial charge in [-0.2, -0.15) is 4.57 Å². The van der Waals surface area contributed by atoms with E-state index < -0.39 is 0 Å². The van der Waals surface area contributed by atoms with Crippen LogP contribution in [0.1, 0.15) is 33.6 Å². The number of hydrogen-bond donors (Lipinski definition) is 1. The van der Waals surface area contributed by atoms with Crippen LogP contribution in [0.5, 0.6) is 0 Å². The van der Waals surface area contributed by atoms with Crippen LogP contribution in [0.25, 0.3) is 0 Å². The summed E-state index contributed by atoms with van der Waals surface area (Å²) >= 11 is 0. The highest BCUT2D eigenvalue weighted by molar-refractivity contribution is 5.78. The van der Waals surface area contributed by atoms with Gasteiger partial charge in [0.05, 0.1) is 0 Å². The summed E-state index contributed by atoms with van der Waals surface area (Å²) in [4.78, 5) is 12.0. The highest BCUT2D eigenvalue weighted by Crippen LogP contribution is 2.16. The van der Waals surface area contributed by atoms with E-state index >= 15 is 0 Å². The highest BCUT2D eigenvalue weighted by atomic mass is 16.2. The third kappa shape index (κ3) is 4.55. The van der Waals surface area contributed by atoms with Crippen LogP contribution in [0.15, 0.2) is 30.6 Å². The molecule has 1 atom stereocenters. The van der Waals surface area contributed by atoms with Gasteiger partial charge >= 0.3 is 0 Å². The standard InChI is InChI=1S/C14H22N2O/c1-4-8-13(12(2)3)14(17)15-11-16-9-6-5-7-10-16/h5-7,9-10,12-13H,4,8,11H2,1-3H3/p+1/t13-/m1/s1. The molecule has 1 N–H and O–H groups in total. The van der Waals surface area contributed by atoms with Crippen molar-refractivity contribution in [1.82, 2.24) is 5.32 Å². The molecule has 0 spiro atoms. The van der Waals surface area contributed by atoms with Gasteiger partial charge in [0.25, 0.3) is 0 Å². The van der Waals surface area contributed by atoms with Crippen molar-refractivity contribution in [2.24, 2.45) is 11.8 Å². The molecule has 1 heterocycles. The normalized spacial score (nSPS) is 12.5. The molecule has 0 aliphatic rings. The van der Waals surface area contributed by atoms with Gasteiger partial charge in [-0.05, 0) is 12.3 Å².